The third-order valence-electron chi connectivity index (χ3n) is 3.15. The van der Waals surface area contributed by atoms with Gasteiger partial charge in [0.2, 0.25) is 0 Å². The first-order chi connectivity index (χ1) is 7.16. The fourth-order valence-corrected chi connectivity index (χ4v) is 2.17. The van der Waals surface area contributed by atoms with Gasteiger partial charge in [-0.05, 0) is 19.3 Å². The van der Waals surface area contributed by atoms with E-state index in [4.69, 9.17) is 11.6 Å². The van der Waals surface area contributed by atoms with Crippen molar-refractivity contribution >= 4 is 11.6 Å². The minimum absolute atomic E-state index is 0.0353. The van der Waals surface area contributed by atoms with E-state index in [0.29, 0.717) is 5.82 Å². The van der Waals surface area contributed by atoms with Crippen LogP contribution in [0.15, 0.2) is 10.9 Å². The summed E-state index contributed by atoms with van der Waals surface area (Å²) in [6, 6.07) is 1.38. The summed E-state index contributed by atoms with van der Waals surface area (Å²) in [5.74, 6) is 1.53. The average Bonchev–Trinajstić information content (AvgIpc) is 2.06. The Morgan fingerprint density at radius 3 is 2.87 bits per heavy atom. The highest BCUT2D eigenvalue weighted by Crippen LogP contribution is 2.29. The summed E-state index contributed by atoms with van der Waals surface area (Å²) in [6.07, 6.45) is 5.06. The summed E-state index contributed by atoms with van der Waals surface area (Å²) in [5, 5.41) is 0.289. The lowest BCUT2D eigenvalue weighted by atomic mass is 9.83. The van der Waals surface area contributed by atoms with Gasteiger partial charge in [0.05, 0.1) is 0 Å². The van der Waals surface area contributed by atoms with Gasteiger partial charge in [0, 0.05) is 12.6 Å². The van der Waals surface area contributed by atoms with Gasteiger partial charge in [-0.1, -0.05) is 30.9 Å². The molecule has 4 heteroatoms. The molecule has 0 N–H and O–H groups in total. The zero-order chi connectivity index (χ0) is 10.8. The SMILES string of the molecule is Cc1nc(Cl)cc(=O)n1CCC1CCC1. The van der Waals surface area contributed by atoms with Crippen molar-refractivity contribution in [3.63, 3.8) is 0 Å². The van der Waals surface area contributed by atoms with Gasteiger partial charge in [-0.25, -0.2) is 4.98 Å². The second-order valence-corrected chi connectivity index (χ2v) is 4.59. The van der Waals surface area contributed by atoms with Crippen molar-refractivity contribution in [2.24, 2.45) is 5.92 Å². The zero-order valence-electron chi connectivity index (χ0n) is 8.87. The third kappa shape index (κ3) is 2.40. The summed E-state index contributed by atoms with van der Waals surface area (Å²) in [5.41, 5.74) is -0.0353. The first-order valence-corrected chi connectivity index (χ1v) is 5.78. The van der Waals surface area contributed by atoms with Gasteiger partial charge in [-0.3, -0.25) is 9.36 Å². The molecule has 0 aliphatic heterocycles. The second kappa shape index (κ2) is 4.35. The molecule has 1 saturated carbocycles. The average molecular weight is 227 g/mol. The molecule has 2 rings (SSSR count). The lowest BCUT2D eigenvalue weighted by Crippen LogP contribution is -2.25. The molecule has 0 spiro atoms. The number of nitrogens with zero attached hydrogens (tertiary/aromatic N) is 2. The fourth-order valence-electron chi connectivity index (χ4n) is 1.95. The molecule has 0 amide bonds. The monoisotopic (exact) mass is 226 g/mol. The summed E-state index contributed by atoms with van der Waals surface area (Å²) in [4.78, 5) is 15.7. The minimum atomic E-state index is -0.0353. The van der Waals surface area contributed by atoms with Crippen LogP contribution in [0.25, 0.3) is 0 Å². The first-order valence-electron chi connectivity index (χ1n) is 5.41. The molecule has 1 aromatic heterocycles. The van der Waals surface area contributed by atoms with Crippen molar-refractivity contribution in [2.75, 3.05) is 0 Å². The third-order valence-corrected chi connectivity index (χ3v) is 3.35. The van der Waals surface area contributed by atoms with Crippen LogP contribution in [-0.4, -0.2) is 9.55 Å². The quantitative estimate of drug-likeness (QED) is 0.742. The Hall–Kier alpha value is -0.830. The highest BCUT2D eigenvalue weighted by molar-refractivity contribution is 6.29. The van der Waals surface area contributed by atoms with Crippen molar-refractivity contribution in [3.05, 3.63) is 27.4 Å². The molecular weight excluding hydrogens is 212 g/mol. The standard InChI is InChI=1S/C11H15ClN2O/c1-8-13-10(12)7-11(15)14(8)6-5-9-3-2-4-9/h7,9H,2-6H2,1H3. The molecular formula is C11H15ClN2O. The van der Waals surface area contributed by atoms with E-state index in [1.165, 1.54) is 25.3 Å². The molecule has 82 valence electrons. The van der Waals surface area contributed by atoms with Gasteiger partial charge >= 0.3 is 0 Å². The first kappa shape index (κ1) is 10.7. The van der Waals surface area contributed by atoms with Crippen LogP contribution in [0.3, 0.4) is 0 Å². The Labute approximate surface area is 94.1 Å². The predicted molar refractivity (Wildman–Crippen MR) is 60.2 cm³/mol. The molecule has 15 heavy (non-hydrogen) atoms. The summed E-state index contributed by atoms with van der Waals surface area (Å²) < 4.78 is 1.71. The molecule has 1 heterocycles. The van der Waals surface area contributed by atoms with E-state index in [9.17, 15) is 4.79 Å². The molecule has 0 bridgehead atoms. The van der Waals surface area contributed by atoms with Crippen LogP contribution >= 0.6 is 11.6 Å². The maximum absolute atomic E-state index is 11.6. The van der Waals surface area contributed by atoms with E-state index in [1.807, 2.05) is 6.92 Å². The van der Waals surface area contributed by atoms with Crippen LogP contribution in [0.1, 0.15) is 31.5 Å². The molecule has 1 aliphatic carbocycles. The van der Waals surface area contributed by atoms with E-state index in [1.54, 1.807) is 4.57 Å². The molecule has 0 saturated heterocycles. The smallest absolute Gasteiger partial charge is 0.254 e. The van der Waals surface area contributed by atoms with Crippen molar-refractivity contribution in [3.8, 4) is 0 Å². The molecule has 3 nitrogen and oxygen atoms in total. The lowest BCUT2D eigenvalue weighted by molar-refractivity contribution is 0.279. The van der Waals surface area contributed by atoms with Crippen LogP contribution in [0.5, 0.6) is 0 Å². The molecule has 0 unspecified atom stereocenters. The Morgan fingerprint density at radius 2 is 2.33 bits per heavy atom. The summed E-state index contributed by atoms with van der Waals surface area (Å²) >= 11 is 5.70. The number of rotatable bonds is 3. The van der Waals surface area contributed by atoms with Gasteiger partial charge in [-0.2, -0.15) is 0 Å². The summed E-state index contributed by atoms with van der Waals surface area (Å²) in [6.45, 7) is 2.60. The van der Waals surface area contributed by atoms with Crippen molar-refractivity contribution in [1.29, 1.82) is 0 Å². The normalized spacial score (nSPS) is 16.4. The lowest BCUT2D eigenvalue weighted by Gasteiger charge is -2.25. The van der Waals surface area contributed by atoms with Crippen LogP contribution in [-0.2, 0) is 6.54 Å². The maximum atomic E-state index is 11.6. The number of halogens is 1. The zero-order valence-corrected chi connectivity index (χ0v) is 9.63. The topological polar surface area (TPSA) is 34.9 Å². The minimum Gasteiger partial charge on any atom is -0.297 e. The Bertz CT molecular complexity index is 410. The molecule has 0 atom stereocenters. The molecule has 1 fully saturated rings. The molecule has 0 aromatic carbocycles. The van der Waals surface area contributed by atoms with Crippen molar-refractivity contribution in [1.82, 2.24) is 9.55 Å². The van der Waals surface area contributed by atoms with E-state index >= 15 is 0 Å². The van der Waals surface area contributed by atoms with Gasteiger partial charge in [0.1, 0.15) is 11.0 Å². The Morgan fingerprint density at radius 1 is 1.60 bits per heavy atom. The fraction of sp³-hybridized carbons (Fsp3) is 0.636. The van der Waals surface area contributed by atoms with E-state index in [2.05, 4.69) is 4.98 Å². The number of aryl methyl sites for hydroxylation is 1. The maximum Gasteiger partial charge on any atom is 0.254 e. The van der Waals surface area contributed by atoms with E-state index < -0.39 is 0 Å². The highest BCUT2D eigenvalue weighted by Gasteiger charge is 2.17. The largest absolute Gasteiger partial charge is 0.297 e. The van der Waals surface area contributed by atoms with Gasteiger partial charge < -0.3 is 0 Å². The predicted octanol–water partition coefficient (Wildman–Crippen LogP) is 2.40. The van der Waals surface area contributed by atoms with E-state index in [0.717, 1.165) is 18.9 Å². The Balaban J connectivity index is 2.09. The second-order valence-electron chi connectivity index (χ2n) is 4.20. The van der Waals surface area contributed by atoms with Crippen molar-refractivity contribution in [2.45, 2.75) is 39.2 Å². The van der Waals surface area contributed by atoms with Gasteiger partial charge in [0.25, 0.3) is 5.56 Å². The van der Waals surface area contributed by atoms with Gasteiger partial charge in [-0.15, -0.1) is 0 Å². The summed E-state index contributed by atoms with van der Waals surface area (Å²) in [7, 11) is 0. The van der Waals surface area contributed by atoms with Gasteiger partial charge in [0.15, 0.2) is 0 Å². The molecule has 0 radical (unpaired) electrons. The van der Waals surface area contributed by atoms with E-state index in [-0.39, 0.29) is 10.7 Å². The van der Waals surface area contributed by atoms with Crippen LogP contribution in [0, 0.1) is 12.8 Å². The number of hydrogen-bond acceptors (Lipinski definition) is 2. The number of hydrogen-bond donors (Lipinski definition) is 0. The molecule has 1 aromatic rings. The van der Waals surface area contributed by atoms with Crippen LogP contribution in [0.2, 0.25) is 5.15 Å². The Kier molecular flexibility index (Phi) is 3.10. The van der Waals surface area contributed by atoms with Crippen LogP contribution < -0.4 is 5.56 Å². The van der Waals surface area contributed by atoms with Crippen molar-refractivity contribution < 1.29 is 0 Å². The number of aromatic nitrogens is 2. The highest BCUT2D eigenvalue weighted by atomic mass is 35.5. The molecule has 1 aliphatic rings. The van der Waals surface area contributed by atoms with Crippen LogP contribution in [0.4, 0.5) is 0 Å².